The number of ether oxygens (including phenoxy) is 2. The van der Waals surface area contributed by atoms with E-state index in [1.54, 1.807) is 31.2 Å². The van der Waals surface area contributed by atoms with Crippen molar-refractivity contribution in [1.29, 1.82) is 0 Å². The third-order valence-corrected chi connectivity index (χ3v) is 4.84. The number of rotatable bonds is 11. The molecule has 0 aromatic heterocycles. The van der Waals surface area contributed by atoms with E-state index in [2.05, 4.69) is 17.0 Å². The van der Waals surface area contributed by atoms with Gasteiger partial charge in [-0.3, -0.25) is 9.59 Å². The van der Waals surface area contributed by atoms with E-state index in [1.165, 1.54) is 12.1 Å². The molecule has 5 nitrogen and oxygen atoms in total. The molecule has 2 aromatic rings. The van der Waals surface area contributed by atoms with Crippen LogP contribution in [0.2, 0.25) is 0 Å². The van der Waals surface area contributed by atoms with Crippen molar-refractivity contribution in [2.75, 3.05) is 13.2 Å². The average Bonchev–Trinajstić information content (AvgIpc) is 2.74. The van der Waals surface area contributed by atoms with E-state index in [4.69, 9.17) is 4.74 Å². The van der Waals surface area contributed by atoms with Gasteiger partial charge in [0.15, 0.2) is 0 Å². The molecule has 0 bridgehead atoms. The van der Waals surface area contributed by atoms with Gasteiger partial charge in [-0.15, -0.1) is 13.2 Å². The molecule has 0 fully saturated rings. The topological polar surface area (TPSA) is 64.6 Å². The Kier molecular flexibility index (Phi) is 9.56. The maximum atomic E-state index is 12.3. The van der Waals surface area contributed by atoms with E-state index in [0.717, 1.165) is 24.0 Å². The van der Waals surface area contributed by atoms with Crippen molar-refractivity contribution in [3.8, 4) is 5.75 Å². The summed E-state index contributed by atoms with van der Waals surface area (Å²) in [7, 11) is 0. The van der Waals surface area contributed by atoms with Crippen LogP contribution >= 0.6 is 0 Å². The molecule has 1 N–H and O–H groups in total. The summed E-state index contributed by atoms with van der Waals surface area (Å²) >= 11 is 0. The number of hydrogen-bond acceptors (Lipinski definition) is 4. The fourth-order valence-electron chi connectivity index (χ4n) is 3.37. The zero-order valence-corrected chi connectivity index (χ0v) is 18.2. The normalized spacial score (nSPS) is 12.2. The molecule has 174 valence electrons. The molecule has 0 heterocycles. The number of benzene rings is 2. The summed E-state index contributed by atoms with van der Waals surface area (Å²) in [5.74, 6) is -0.710. The number of carbonyl (C=O) groups is 2. The first-order valence-corrected chi connectivity index (χ1v) is 10.6. The Morgan fingerprint density at radius 3 is 2.22 bits per heavy atom. The second kappa shape index (κ2) is 12.1. The van der Waals surface area contributed by atoms with Gasteiger partial charge in [0.1, 0.15) is 5.75 Å². The minimum Gasteiger partial charge on any atom is -0.466 e. The Balaban J connectivity index is 1.98. The van der Waals surface area contributed by atoms with Crippen molar-refractivity contribution < 1.29 is 32.2 Å². The minimum atomic E-state index is -4.71. The van der Waals surface area contributed by atoms with Gasteiger partial charge in [-0.25, -0.2) is 0 Å². The van der Waals surface area contributed by atoms with Crippen LogP contribution in [0, 0.1) is 0 Å². The van der Waals surface area contributed by atoms with Crippen LogP contribution < -0.4 is 10.1 Å². The predicted octanol–water partition coefficient (Wildman–Crippen LogP) is 5.39. The molecule has 2 aromatic carbocycles. The third-order valence-electron chi connectivity index (χ3n) is 4.84. The first kappa shape index (κ1) is 25.2. The molecule has 0 saturated heterocycles. The first-order valence-electron chi connectivity index (χ1n) is 10.6. The van der Waals surface area contributed by atoms with Crippen molar-refractivity contribution in [2.45, 2.75) is 51.8 Å². The molecule has 0 saturated carbocycles. The standard InChI is InChI=1S/C24H28F3NO4/c1-3-5-20(16-17-6-12-21(13-7-17)32-24(25,26)27)18-8-10-19(11-9-18)23(30)28-15-14-22(29)31-4-2/h6-13,20H,3-5,14-16H2,1-2H3,(H,28,30). The highest BCUT2D eigenvalue weighted by Crippen LogP contribution is 2.28. The van der Waals surface area contributed by atoms with Gasteiger partial charge in [-0.05, 0) is 61.1 Å². The molecule has 0 spiro atoms. The van der Waals surface area contributed by atoms with E-state index >= 15 is 0 Å². The first-order chi connectivity index (χ1) is 15.2. The van der Waals surface area contributed by atoms with Crippen molar-refractivity contribution in [1.82, 2.24) is 5.32 Å². The quantitative estimate of drug-likeness (QED) is 0.465. The SMILES string of the molecule is CCCC(Cc1ccc(OC(F)(F)F)cc1)c1ccc(C(=O)NCCC(=O)OCC)cc1. The Bertz CT molecular complexity index is 864. The summed E-state index contributed by atoms with van der Waals surface area (Å²) in [5.41, 5.74) is 2.44. The fraction of sp³-hybridized carbons (Fsp3) is 0.417. The van der Waals surface area contributed by atoms with Gasteiger partial charge in [0.05, 0.1) is 13.0 Å². The molecule has 1 amide bonds. The fourth-order valence-corrected chi connectivity index (χ4v) is 3.37. The van der Waals surface area contributed by atoms with E-state index < -0.39 is 6.36 Å². The Morgan fingerprint density at radius 2 is 1.66 bits per heavy atom. The van der Waals surface area contributed by atoms with E-state index in [9.17, 15) is 22.8 Å². The van der Waals surface area contributed by atoms with Crippen molar-refractivity contribution in [3.05, 3.63) is 65.2 Å². The number of halogens is 3. The van der Waals surface area contributed by atoms with Crippen LogP contribution in [0.4, 0.5) is 13.2 Å². The van der Waals surface area contributed by atoms with Gasteiger partial charge in [-0.2, -0.15) is 0 Å². The second-order valence-corrected chi connectivity index (χ2v) is 7.31. The minimum absolute atomic E-state index is 0.114. The summed E-state index contributed by atoms with van der Waals surface area (Å²) in [6.07, 6.45) is -2.10. The number of nitrogens with one attached hydrogen (secondary N) is 1. The Labute approximate surface area is 185 Å². The summed E-state index contributed by atoms with van der Waals surface area (Å²) in [6, 6.07) is 13.1. The molecule has 0 aliphatic rings. The third kappa shape index (κ3) is 8.61. The van der Waals surface area contributed by atoms with Crippen LogP contribution in [0.1, 0.15) is 60.5 Å². The molecule has 1 unspecified atom stereocenters. The van der Waals surface area contributed by atoms with Crippen molar-refractivity contribution in [3.63, 3.8) is 0 Å². The summed E-state index contributed by atoms with van der Waals surface area (Å²) in [5, 5.41) is 2.69. The van der Waals surface area contributed by atoms with Crippen LogP contribution in [0.3, 0.4) is 0 Å². The van der Waals surface area contributed by atoms with E-state index in [1.807, 2.05) is 12.1 Å². The molecule has 0 aliphatic carbocycles. The molecular weight excluding hydrogens is 423 g/mol. The zero-order chi connectivity index (χ0) is 23.6. The number of esters is 1. The highest BCUT2D eigenvalue weighted by Gasteiger charge is 2.31. The summed E-state index contributed by atoms with van der Waals surface area (Å²) in [4.78, 5) is 23.6. The molecule has 0 radical (unpaired) electrons. The predicted molar refractivity (Wildman–Crippen MR) is 115 cm³/mol. The highest BCUT2D eigenvalue weighted by atomic mass is 19.4. The van der Waals surface area contributed by atoms with Crippen LogP contribution in [0.15, 0.2) is 48.5 Å². The van der Waals surface area contributed by atoms with Gasteiger partial charge in [-0.1, -0.05) is 37.6 Å². The lowest BCUT2D eigenvalue weighted by atomic mass is 9.88. The van der Waals surface area contributed by atoms with Crippen LogP contribution in [0.5, 0.6) is 5.75 Å². The number of alkyl halides is 3. The van der Waals surface area contributed by atoms with Gasteiger partial charge >= 0.3 is 12.3 Å². The smallest absolute Gasteiger partial charge is 0.466 e. The molecule has 0 aliphatic heterocycles. The number of amides is 1. The highest BCUT2D eigenvalue weighted by molar-refractivity contribution is 5.94. The molecule has 8 heteroatoms. The summed E-state index contributed by atoms with van der Waals surface area (Å²) < 4.78 is 45.7. The average molecular weight is 451 g/mol. The Hall–Kier alpha value is -3.03. The zero-order valence-electron chi connectivity index (χ0n) is 18.2. The van der Waals surface area contributed by atoms with Gasteiger partial charge in [0.2, 0.25) is 0 Å². The van der Waals surface area contributed by atoms with Gasteiger partial charge in [0, 0.05) is 12.1 Å². The monoisotopic (exact) mass is 451 g/mol. The molecule has 1 atom stereocenters. The maximum Gasteiger partial charge on any atom is 0.573 e. The lowest BCUT2D eigenvalue weighted by Crippen LogP contribution is -2.26. The maximum absolute atomic E-state index is 12.3. The largest absolute Gasteiger partial charge is 0.573 e. The van der Waals surface area contributed by atoms with Crippen LogP contribution in [0.25, 0.3) is 0 Å². The number of hydrogen-bond donors (Lipinski definition) is 1. The lowest BCUT2D eigenvalue weighted by Gasteiger charge is -2.18. The lowest BCUT2D eigenvalue weighted by molar-refractivity contribution is -0.274. The van der Waals surface area contributed by atoms with Crippen LogP contribution in [-0.4, -0.2) is 31.4 Å². The second-order valence-electron chi connectivity index (χ2n) is 7.31. The van der Waals surface area contributed by atoms with Crippen molar-refractivity contribution >= 4 is 11.9 Å². The molecular formula is C24H28F3NO4. The number of carbonyl (C=O) groups excluding carboxylic acids is 2. The molecule has 2 rings (SSSR count). The van der Waals surface area contributed by atoms with Crippen LogP contribution in [-0.2, 0) is 16.0 Å². The molecule has 32 heavy (non-hydrogen) atoms. The Morgan fingerprint density at radius 1 is 1.00 bits per heavy atom. The van der Waals surface area contributed by atoms with Gasteiger partial charge < -0.3 is 14.8 Å². The van der Waals surface area contributed by atoms with Gasteiger partial charge in [0.25, 0.3) is 5.91 Å². The summed E-state index contributed by atoms with van der Waals surface area (Å²) in [6.45, 7) is 4.30. The van der Waals surface area contributed by atoms with E-state index in [0.29, 0.717) is 18.6 Å². The van der Waals surface area contributed by atoms with E-state index in [-0.39, 0.29) is 36.5 Å². The van der Waals surface area contributed by atoms with Crippen molar-refractivity contribution in [2.24, 2.45) is 0 Å².